The lowest BCUT2D eigenvalue weighted by molar-refractivity contribution is -0.141. The van der Waals surface area contributed by atoms with Crippen LogP contribution in [0.5, 0.6) is 17.6 Å². The monoisotopic (exact) mass is 793 g/mol. The summed E-state index contributed by atoms with van der Waals surface area (Å²) in [5.41, 5.74) is 3.07. The van der Waals surface area contributed by atoms with Crippen molar-refractivity contribution in [1.82, 2.24) is 25.5 Å². The standard InChI is InChI=1S/C41H43ClF3N5O6/c1-5-7-28-26(11-13-32(28)56-37-30(41(43,44)45)16-25(36(49-37)55-4)18-47-40(14-15-40)38(52)53)23(2)27-8-6-9-29(34(27)42)31-12-10-24(35(48-31)54-3)19-50-21-39(22-50)17-33(51)46-20-39/h5-10,12,16,32,47H,1,11,13-15,17-22H2,2-4H3,(H,46,51)(H,52,53)/b26-23+,28-7?/t32-/m0/s1. The number of carboxylic acid groups (broad SMARTS) is 1. The molecule has 1 spiro atoms. The number of methoxy groups -OCH3 is 2. The molecule has 3 aromatic rings. The van der Waals surface area contributed by atoms with Crippen molar-refractivity contribution in [3.63, 3.8) is 0 Å². The topological polar surface area (TPSA) is 135 Å². The van der Waals surface area contributed by atoms with Crippen molar-refractivity contribution in [3.05, 3.63) is 93.6 Å². The molecule has 0 radical (unpaired) electrons. The molecule has 2 saturated carbocycles. The number of aromatic nitrogens is 2. The molecule has 296 valence electrons. The van der Waals surface area contributed by atoms with E-state index in [2.05, 4.69) is 27.1 Å². The highest BCUT2D eigenvalue weighted by molar-refractivity contribution is 6.35. The number of pyridine rings is 2. The predicted molar refractivity (Wildman–Crippen MR) is 203 cm³/mol. The van der Waals surface area contributed by atoms with Crippen LogP contribution in [0.2, 0.25) is 5.02 Å². The number of carboxylic acids is 1. The van der Waals surface area contributed by atoms with Crippen LogP contribution in [-0.4, -0.2) is 77.3 Å². The van der Waals surface area contributed by atoms with Gasteiger partial charge in [-0.3, -0.25) is 19.8 Å². The molecule has 15 heteroatoms. The SMILES string of the molecule is C=CC=C1/C(=C(\C)c2cccc(-c3ccc(CN4CC5(CNC(=O)C5)C4)c(OC)n3)c2Cl)CC[C@@H]1Oc1nc(OC)c(CNC2(C(=O)O)CC2)cc1C(F)(F)F. The highest BCUT2D eigenvalue weighted by Crippen LogP contribution is 2.45. The third-order valence-corrected chi connectivity index (χ3v) is 11.6. The van der Waals surface area contributed by atoms with E-state index in [1.54, 1.807) is 19.3 Å². The molecule has 2 aliphatic carbocycles. The molecular formula is C41H43ClF3N5O6. The maximum atomic E-state index is 14.5. The number of benzene rings is 1. The molecule has 56 heavy (non-hydrogen) atoms. The Balaban J connectivity index is 1.13. The van der Waals surface area contributed by atoms with E-state index in [0.29, 0.717) is 72.9 Å². The van der Waals surface area contributed by atoms with Crippen molar-refractivity contribution in [2.75, 3.05) is 33.9 Å². The second kappa shape index (κ2) is 15.2. The molecule has 0 unspecified atom stereocenters. The number of carbonyl (C=O) groups is 2. The Hall–Kier alpha value is -4.92. The van der Waals surface area contributed by atoms with Gasteiger partial charge in [-0.15, -0.1) is 0 Å². The molecule has 2 aromatic heterocycles. The average Bonchev–Trinajstić information content (AvgIpc) is 3.72. The average molecular weight is 794 g/mol. The fourth-order valence-corrected chi connectivity index (χ4v) is 8.43. The molecule has 1 atom stereocenters. The normalized spacial score (nSPS) is 21.4. The highest BCUT2D eigenvalue weighted by atomic mass is 35.5. The fraction of sp³-hybridized carbons (Fsp3) is 0.415. The van der Waals surface area contributed by atoms with E-state index in [1.807, 2.05) is 37.3 Å². The predicted octanol–water partition coefficient (Wildman–Crippen LogP) is 6.99. The zero-order chi connectivity index (χ0) is 40.0. The van der Waals surface area contributed by atoms with Gasteiger partial charge in [-0.1, -0.05) is 54.6 Å². The smallest absolute Gasteiger partial charge is 0.421 e. The Morgan fingerprint density at radius 2 is 1.86 bits per heavy atom. The second-order valence-corrected chi connectivity index (χ2v) is 15.4. The number of halogens is 4. The van der Waals surface area contributed by atoms with Crippen LogP contribution in [0.4, 0.5) is 13.2 Å². The van der Waals surface area contributed by atoms with E-state index in [-0.39, 0.29) is 29.3 Å². The van der Waals surface area contributed by atoms with E-state index in [1.165, 1.54) is 7.11 Å². The molecule has 7 rings (SSSR count). The molecule has 4 heterocycles. The maximum Gasteiger partial charge on any atom is 0.421 e. The van der Waals surface area contributed by atoms with Gasteiger partial charge in [0.05, 0.1) is 24.9 Å². The second-order valence-electron chi connectivity index (χ2n) is 15.0. The largest absolute Gasteiger partial charge is 0.481 e. The van der Waals surface area contributed by atoms with Crippen LogP contribution in [0.1, 0.15) is 61.3 Å². The zero-order valence-electron chi connectivity index (χ0n) is 31.3. The van der Waals surface area contributed by atoms with Crippen molar-refractivity contribution in [2.45, 2.75) is 69.9 Å². The summed E-state index contributed by atoms with van der Waals surface area (Å²) in [6.07, 6.45) is -0.182. The van der Waals surface area contributed by atoms with Crippen molar-refractivity contribution >= 4 is 29.1 Å². The molecule has 4 aliphatic rings. The van der Waals surface area contributed by atoms with Crippen LogP contribution >= 0.6 is 11.6 Å². The summed E-state index contributed by atoms with van der Waals surface area (Å²) in [7, 11) is 2.86. The minimum absolute atomic E-state index is 0.00925. The first kappa shape index (κ1) is 39.3. The number of likely N-dealkylation sites (tertiary alicyclic amines) is 1. The van der Waals surface area contributed by atoms with Crippen molar-refractivity contribution in [3.8, 4) is 28.9 Å². The van der Waals surface area contributed by atoms with Gasteiger partial charge in [-0.05, 0) is 67.0 Å². The van der Waals surface area contributed by atoms with Crippen molar-refractivity contribution < 1.29 is 42.1 Å². The Morgan fingerprint density at radius 3 is 2.48 bits per heavy atom. The number of ether oxygens (including phenoxy) is 3. The number of alkyl halides is 3. The van der Waals surface area contributed by atoms with Gasteiger partial charge in [0.1, 0.15) is 17.2 Å². The lowest BCUT2D eigenvalue weighted by Crippen LogP contribution is -2.56. The Kier molecular flexibility index (Phi) is 10.7. The van der Waals surface area contributed by atoms with Crippen LogP contribution in [0.25, 0.3) is 16.8 Å². The van der Waals surface area contributed by atoms with Gasteiger partial charge in [0.2, 0.25) is 23.5 Å². The fourth-order valence-electron chi connectivity index (χ4n) is 8.07. The lowest BCUT2D eigenvalue weighted by Gasteiger charge is -2.47. The first-order valence-corrected chi connectivity index (χ1v) is 18.7. The molecule has 3 N–H and O–H groups in total. The molecule has 0 bridgehead atoms. The van der Waals surface area contributed by atoms with Gasteiger partial charge in [-0.25, -0.2) is 4.98 Å². The van der Waals surface area contributed by atoms with E-state index in [0.717, 1.165) is 41.4 Å². The molecule has 1 aromatic carbocycles. The molecule has 4 fully saturated rings. The van der Waals surface area contributed by atoms with Crippen molar-refractivity contribution in [2.24, 2.45) is 5.41 Å². The minimum Gasteiger partial charge on any atom is -0.481 e. The summed E-state index contributed by atoms with van der Waals surface area (Å²) in [5, 5.41) is 15.8. The third-order valence-electron chi connectivity index (χ3n) is 11.2. The van der Waals surface area contributed by atoms with Crippen LogP contribution in [-0.2, 0) is 28.9 Å². The van der Waals surface area contributed by atoms with Crippen LogP contribution in [0.15, 0.2) is 66.3 Å². The summed E-state index contributed by atoms with van der Waals surface area (Å²) >= 11 is 7.12. The van der Waals surface area contributed by atoms with E-state index >= 15 is 0 Å². The summed E-state index contributed by atoms with van der Waals surface area (Å²) in [4.78, 5) is 34.7. The summed E-state index contributed by atoms with van der Waals surface area (Å²) in [6, 6.07) is 10.4. The number of nitrogens with zero attached hydrogens (tertiary/aromatic N) is 3. The Labute approximate surface area is 327 Å². The number of nitrogens with one attached hydrogen (secondary N) is 2. The summed E-state index contributed by atoms with van der Waals surface area (Å²) < 4.78 is 60.6. The number of hydrogen-bond acceptors (Lipinski definition) is 9. The lowest BCUT2D eigenvalue weighted by atomic mass is 9.79. The quantitative estimate of drug-likeness (QED) is 0.166. The first-order valence-electron chi connectivity index (χ1n) is 18.3. The Bertz CT molecular complexity index is 2140. The van der Waals surface area contributed by atoms with Crippen LogP contribution in [0, 0.1) is 5.41 Å². The van der Waals surface area contributed by atoms with Crippen LogP contribution < -0.4 is 24.8 Å². The molecule has 11 nitrogen and oxygen atoms in total. The highest BCUT2D eigenvalue weighted by Gasteiger charge is 2.50. The van der Waals surface area contributed by atoms with Gasteiger partial charge in [0.25, 0.3) is 0 Å². The minimum atomic E-state index is -4.82. The number of allylic oxidation sites excluding steroid dienone is 3. The molecular weight excluding hydrogens is 751 g/mol. The first-order chi connectivity index (χ1) is 26.7. The zero-order valence-corrected chi connectivity index (χ0v) is 32.1. The molecule has 1 amide bonds. The van der Waals surface area contributed by atoms with Gasteiger partial charge in [0.15, 0.2) is 0 Å². The van der Waals surface area contributed by atoms with E-state index in [4.69, 9.17) is 30.8 Å². The van der Waals surface area contributed by atoms with Gasteiger partial charge in [0, 0.05) is 61.2 Å². The number of carbonyl (C=O) groups excluding carboxylic acids is 1. The van der Waals surface area contributed by atoms with Gasteiger partial charge < -0.3 is 24.6 Å². The summed E-state index contributed by atoms with van der Waals surface area (Å²) in [5.74, 6) is -1.22. The van der Waals surface area contributed by atoms with Gasteiger partial charge >= 0.3 is 12.1 Å². The van der Waals surface area contributed by atoms with E-state index in [9.17, 15) is 27.9 Å². The third kappa shape index (κ3) is 7.61. The van der Waals surface area contributed by atoms with Gasteiger partial charge in [-0.2, -0.15) is 18.2 Å². The van der Waals surface area contributed by atoms with E-state index < -0.39 is 35.2 Å². The van der Waals surface area contributed by atoms with Crippen LogP contribution in [0.3, 0.4) is 0 Å². The van der Waals surface area contributed by atoms with Crippen molar-refractivity contribution in [1.29, 1.82) is 0 Å². The number of amides is 1. The number of rotatable bonds is 13. The number of hydrogen-bond donors (Lipinski definition) is 3. The molecule has 2 aliphatic heterocycles. The number of aliphatic carboxylic acids is 1. The maximum absolute atomic E-state index is 14.5. The Morgan fingerprint density at radius 1 is 1.12 bits per heavy atom. The molecule has 2 saturated heterocycles. The summed E-state index contributed by atoms with van der Waals surface area (Å²) in [6.45, 7) is 8.56.